The third-order valence-electron chi connectivity index (χ3n) is 6.30. The minimum Gasteiger partial charge on any atom is -0.340 e. The second kappa shape index (κ2) is 7.45. The molecule has 0 bridgehead atoms. The second-order valence-electron chi connectivity index (χ2n) is 8.52. The van der Waals surface area contributed by atoms with Gasteiger partial charge in [0.25, 0.3) is 0 Å². The highest BCUT2D eigenvalue weighted by molar-refractivity contribution is 7.89. The molecule has 0 radical (unpaired) electrons. The van der Waals surface area contributed by atoms with E-state index in [2.05, 4.69) is 20.0 Å². The lowest BCUT2D eigenvalue weighted by atomic mass is 9.80. The molecule has 1 N–H and O–H groups in total. The van der Waals surface area contributed by atoms with Crippen molar-refractivity contribution in [2.45, 2.75) is 58.5 Å². The van der Waals surface area contributed by atoms with Crippen LogP contribution in [0.4, 0.5) is 0 Å². The third kappa shape index (κ3) is 3.76. The lowest BCUT2D eigenvalue weighted by Gasteiger charge is -2.25. The Balaban J connectivity index is 1.56. The Morgan fingerprint density at radius 3 is 2.73 bits per heavy atom. The highest BCUT2D eigenvalue weighted by atomic mass is 32.2. The number of amides is 1. The number of carbonyl (C=O) groups is 1. The number of aromatic nitrogens is 4. The largest absolute Gasteiger partial charge is 0.340 e. The van der Waals surface area contributed by atoms with Crippen LogP contribution in [-0.2, 0) is 26.8 Å². The number of fused-ring (bicyclic) bond motifs is 1. The summed E-state index contributed by atoms with van der Waals surface area (Å²) in [4.78, 5) is 19.3. The molecule has 164 valence electrons. The number of nitrogens with zero attached hydrogens (tertiary/aromatic N) is 5. The second-order valence-corrected chi connectivity index (χ2v) is 10.6. The van der Waals surface area contributed by atoms with Gasteiger partial charge in [0, 0.05) is 24.8 Å². The highest BCUT2D eigenvalue weighted by Crippen LogP contribution is 2.50. The molecule has 1 aliphatic carbocycles. The number of sulfonamides is 1. The third-order valence-corrected chi connectivity index (χ3v) is 7.75. The Morgan fingerprint density at radius 2 is 2.13 bits per heavy atom. The van der Waals surface area contributed by atoms with E-state index in [1.165, 1.54) is 0 Å². The Morgan fingerprint density at radius 1 is 1.37 bits per heavy atom. The van der Waals surface area contributed by atoms with E-state index in [1.54, 1.807) is 18.5 Å². The molecule has 2 aromatic heterocycles. The van der Waals surface area contributed by atoms with Gasteiger partial charge in [-0.1, -0.05) is 5.16 Å². The average Bonchev–Trinajstić information content (AvgIpc) is 3.38. The highest BCUT2D eigenvalue weighted by Gasteiger charge is 2.58. The van der Waals surface area contributed by atoms with Gasteiger partial charge >= 0.3 is 0 Å². The van der Waals surface area contributed by atoms with Gasteiger partial charge in [0.2, 0.25) is 21.8 Å². The number of likely N-dealkylation sites (tertiary alicyclic amines) is 1. The van der Waals surface area contributed by atoms with Gasteiger partial charge in [-0.25, -0.2) is 13.1 Å². The maximum Gasteiger partial charge on any atom is 0.244 e. The summed E-state index contributed by atoms with van der Waals surface area (Å²) >= 11 is 0. The van der Waals surface area contributed by atoms with E-state index in [1.807, 2.05) is 24.8 Å². The molecule has 2 aromatic rings. The lowest BCUT2D eigenvalue weighted by molar-refractivity contribution is -0.131. The van der Waals surface area contributed by atoms with E-state index >= 15 is 0 Å². The van der Waals surface area contributed by atoms with Crippen LogP contribution >= 0.6 is 0 Å². The molecule has 1 aliphatic heterocycles. The summed E-state index contributed by atoms with van der Waals surface area (Å²) < 4.78 is 34.2. The molecule has 3 heterocycles. The quantitative estimate of drug-likeness (QED) is 0.707. The van der Waals surface area contributed by atoms with Crippen LogP contribution in [0.5, 0.6) is 0 Å². The summed E-state index contributed by atoms with van der Waals surface area (Å²) in [5, 5.41) is 8.33. The van der Waals surface area contributed by atoms with Gasteiger partial charge in [0.15, 0.2) is 5.82 Å². The number of carbonyl (C=O) groups excluding carboxylic acids is 1. The van der Waals surface area contributed by atoms with Crippen molar-refractivity contribution in [3.8, 4) is 0 Å². The zero-order valence-electron chi connectivity index (χ0n) is 17.8. The molecule has 11 heteroatoms. The minimum atomic E-state index is -3.32. The fraction of sp³-hybridized carbons (Fsp3) is 0.684. The fourth-order valence-electron chi connectivity index (χ4n) is 4.88. The molecule has 3 unspecified atom stereocenters. The number of aryl methyl sites for hydroxylation is 3. The number of hydrogen-bond donors (Lipinski definition) is 1. The molecule has 0 aromatic carbocycles. The number of nitrogens with one attached hydrogen (secondary N) is 1. The molecule has 1 saturated carbocycles. The van der Waals surface area contributed by atoms with E-state index in [-0.39, 0.29) is 30.2 Å². The van der Waals surface area contributed by atoms with Gasteiger partial charge in [-0.3, -0.25) is 9.48 Å². The van der Waals surface area contributed by atoms with Crippen LogP contribution in [0, 0.1) is 26.7 Å². The molecule has 1 amide bonds. The zero-order valence-corrected chi connectivity index (χ0v) is 18.6. The predicted molar refractivity (Wildman–Crippen MR) is 108 cm³/mol. The normalized spacial score (nSPS) is 26.3. The van der Waals surface area contributed by atoms with Crippen molar-refractivity contribution in [3.05, 3.63) is 29.2 Å². The van der Waals surface area contributed by atoms with Gasteiger partial charge < -0.3 is 9.42 Å². The molecule has 10 nitrogen and oxygen atoms in total. The van der Waals surface area contributed by atoms with Crippen molar-refractivity contribution in [1.82, 2.24) is 29.5 Å². The van der Waals surface area contributed by atoms with Crippen molar-refractivity contribution < 1.29 is 17.7 Å². The molecule has 1 saturated heterocycles. The van der Waals surface area contributed by atoms with Crippen LogP contribution in [0.15, 0.2) is 10.6 Å². The first-order valence-electron chi connectivity index (χ1n) is 10.2. The maximum absolute atomic E-state index is 13.0. The summed E-state index contributed by atoms with van der Waals surface area (Å²) in [6.45, 7) is 8.35. The van der Waals surface area contributed by atoms with E-state index in [0.717, 1.165) is 11.4 Å². The summed E-state index contributed by atoms with van der Waals surface area (Å²) in [6.07, 6.45) is 1.16. The van der Waals surface area contributed by atoms with Crippen LogP contribution in [-0.4, -0.2) is 64.0 Å². The number of hydrogen-bond acceptors (Lipinski definition) is 7. The average molecular weight is 437 g/mol. The Kier molecular flexibility index (Phi) is 5.21. The Bertz CT molecular complexity index is 1060. The first kappa shape index (κ1) is 21.0. The fourth-order valence-corrected chi connectivity index (χ4v) is 5.74. The smallest absolute Gasteiger partial charge is 0.244 e. The molecule has 0 spiro atoms. The van der Waals surface area contributed by atoms with Crippen molar-refractivity contribution >= 4 is 15.9 Å². The first-order chi connectivity index (χ1) is 14.1. The van der Waals surface area contributed by atoms with Crippen molar-refractivity contribution in [1.29, 1.82) is 0 Å². The number of rotatable bonds is 6. The Hall–Kier alpha value is -2.27. The molecule has 4 rings (SSSR count). The Labute approximate surface area is 176 Å². The molecule has 2 fully saturated rings. The van der Waals surface area contributed by atoms with Crippen LogP contribution < -0.4 is 4.72 Å². The van der Waals surface area contributed by atoms with Crippen molar-refractivity contribution in [2.75, 3.05) is 18.8 Å². The minimum absolute atomic E-state index is 0.0168. The summed E-state index contributed by atoms with van der Waals surface area (Å²) in [5.41, 5.74) is 1.28. The zero-order chi connectivity index (χ0) is 21.7. The summed E-state index contributed by atoms with van der Waals surface area (Å²) in [6, 6.07) is 1.74. The van der Waals surface area contributed by atoms with E-state index in [4.69, 9.17) is 4.52 Å². The van der Waals surface area contributed by atoms with Crippen LogP contribution in [0.2, 0.25) is 0 Å². The van der Waals surface area contributed by atoms with Crippen molar-refractivity contribution in [3.63, 3.8) is 0 Å². The van der Waals surface area contributed by atoms with Gasteiger partial charge in [-0.15, -0.1) is 0 Å². The summed E-state index contributed by atoms with van der Waals surface area (Å²) in [7, 11) is -3.32. The molecule has 3 atom stereocenters. The lowest BCUT2D eigenvalue weighted by Crippen LogP contribution is -2.40. The van der Waals surface area contributed by atoms with Gasteiger partial charge in [-0.05, 0) is 52.5 Å². The molecular formula is C19H28N6O4S. The molecule has 2 aliphatic rings. The van der Waals surface area contributed by atoms with Gasteiger partial charge in [0.1, 0.15) is 6.54 Å². The predicted octanol–water partition coefficient (Wildman–Crippen LogP) is 0.689. The van der Waals surface area contributed by atoms with E-state index < -0.39 is 15.4 Å². The van der Waals surface area contributed by atoms with Crippen LogP contribution in [0.1, 0.15) is 42.9 Å². The van der Waals surface area contributed by atoms with E-state index in [9.17, 15) is 13.2 Å². The summed E-state index contributed by atoms with van der Waals surface area (Å²) in [5.74, 6) is 1.09. The monoisotopic (exact) mass is 436 g/mol. The van der Waals surface area contributed by atoms with Crippen LogP contribution in [0.25, 0.3) is 0 Å². The SMILES string of the molecule is CCS(=O)(=O)NC1CC2CN(C(=O)Cn3nc(C)cc3C)CC2(c2nc(C)no2)C1. The van der Waals surface area contributed by atoms with Gasteiger partial charge in [-0.2, -0.15) is 10.1 Å². The van der Waals surface area contributed by atoms with Crippen molar-refractivity contribution in [2.24, 2.45) is 5.92 Å². The standard InChI is InChI=1S/C19H28N6O4S/c1-5-30(27,28)23-16-7-15-9-24(17(26)10-25-13(3)6-12(2)21-25)11-19(15,8-16)18-20-14(4)22-29-18/h6,15-16,23H,5,7-11H2,1-4H3. The molecular weight excluding hydrogens is 408 g/mol. The van der Waals surface area contributed by atoms with E-state index in [0.29, 0.717) is 37.6 Å². The van der Waals surface area contributed by atoms with Crippen LogP contribution in [0.3, 0.4) is 0 Å². The topological polar surface area (TPSA) is 123 Å². The molecule has 30 heavy (non-hydrogen) atoms. The van der Waals surface area contributed by atoms with Gasteiger partial charge in [0.05, 0.1) is 16.9 Å². The maximum atomic E-state index is 13.0. The first-order valence-corrected chi connectivity index (χ1v) is 11.9.